The van der Waals surface area contributed by atoms with Gasteiger partial charge in [0.25, 0.3) is 0 Å². The zero-order valence-corrected chi connectivity index (χ0v) is 13.8. The van der Waals surface area contributed by atoms with Gasteiger partial charge in [0.2, 0.25) is 0 Å². The summed E-state index contributed by atoms with van der Waals surface area (Å²) in [7, 11) is -3.11. The summed E-state index contributed by atoms with van der Waals surface area (Å²) in [5, 5.41) is 3.39. The Labute approximate surface area is 128 Å². The Hall–Kier alpha value is -0.910. The number of nitrogens with zero attached hydrogens (tertiary/aromatic N) is 1. The fourth-order valence-corrected chi connectivity index (χ4v) is 3.52. The highest BCUT2D eigenvalue weighted by Gasteiger charge is 2.22. The molecular weight excluding hydrogens is 284 g/mol. The average molecular weight is 310 g/mol. The number of hydrogen-bond donors (Lipinski definition) is 1. The molecule has 1 aliphatic rings. The lowest BCUT2D eigenvalue weighted by atomic mass is 9.99. The van der Waals surface area contributed by atoms with Crippen LogP contribution in [0.5, 0.6) is 0 Å². The van der Waals surface area contributed by atoms with Crippen LogP contribution in [0.4, 0.5) is 0 Å². The zero-order valence-electron chi connectivity index (χ0n) is 13.0. The second-order valence-corrected chi connectivity index (χ2v) is 7.80. The van der Waals surface area contributed by atoms with Gasteiger partial charge in [-0.3, -0.25) is 4.90 Å². The first-order valence-corrected chi connectivity index (χ1v) is 9.66. The van der Waals surface area contributed by atoms with E-state index in [0.717, 1.165) is 32.6 Å². The SMILES string of the molecule is CCCC[C@@H](c1ccc(S(C)(=O)=O)cc1)N1CCNCC1. The summed E-state index contributed by atoms with van der Waals surface area (Å²) < 4.78 is 23.1. The van der Waals surface area contributed by atoms with E-state index in [1.54, 1.807) is 12.1 Å². The molecule has 0 aliphatic carbocycles. The van der Waals surface area contributed by atoms with Gasteiger partial charge < -0.3 is 5.32 Å². The van der Waals surface area contributed by atoms with E-state index >= 15 is 0 Å². The standard InChI is InChI=1S/C16H26N2O2S/c1-3-4-5-16(18-12-10-17-11-13-18)14-6-8-15(9-7-14)21(2,19)20/h6-9,16-17H,3-5,10-13H2,1-2H3/t16-/m0/s1. The minimum atomic E-state index is -3.11. The van der Waals surface area contributed by atoms with E-state index in [4.69, 9.17) is 0 Å². The molecule has 0 radical (unpaired) electrons. The molecular formula is C16H26N2O2S. The smallest absolute Gasteiger partial charge is 0.175 e. The van der Waals surface area contributed by atoms with E-state index in [2.05, 4.69) is 17.1 Å². The lowest BCUT2D eigenvalue weighted by Crippen LogP contribution is -2.45. The van der Waals surface area contributed by atoms with Crippen LogP contribution in [0, 0.1) is 0 Å². The van der Waals surface area contributed by atoms with Crippen molar-refractivity contribution in [1.82, 2.24) is 10.2 Å². The third kappa shape index (κ3) is 4.53. The fraction of sp³-hybridized carbons (Fsp3) is 0.625. The van der Waals surface area contributed by atoms with Crippen molar-refractivity contribution >= 4 is 9.84 Å². The maximum absolute atomic E-state index is 11.6. The Morgan fingerprint density at radius 2 is 1.81 bits per heavy atom. The molecule has 0 saturated carbocycles. The van der Waals surface area contributed by atoms with Crippen molar-refractivity contribution < 1.29 is 8.42 Å². The van der Waals surface area contributed by atoms with E-state index in [-0.39, 0.29) is 0 Å². The van der Waals surface area contributed by atoms with Crippen LogP contribution in [0.25, 0.3) is 0 Å². The van der Waals surface area contributed by atoms with Gasteiger partial charge in [0.05, 0.1) is 4.90 Å². The van der Waals surface area contributed by atoms with Crippen LogP contribution in [-0.2, 0) is 9.84 Å². The normalized spacial score (nSPS) is 18.6. The number of unbranched alkanes of at least 4 members (excludes halogenated alkanes) is 1. The highest BCUT2D eigenvalue weighted by Crippen LogP contribution is 2.27. The van der Waals surface area contributed by atoms with Gasteiger partial charge >= 0.3 is 0 Å². The molecule has 5 heteroatoms. The Balaban J connectivity index is 2.19. The average Bonchev–Trinajstić information content (AvgIpc) is 2.48. The van der Waals surface area contributed by atoms with Crippen molar-refractivity contribution in [3.63, 3.8) is 0 Å². The molecule has 1 atom stereocenters. The molecule has 0 aromatic heterocycles. The predicted molar refractivity (Wildman–Crippen MR) is 86.3 cm³/mol. The predicted octanol–water partition coefficient (Wildman–Crippen LogP) is 2.23. The summed E-state index contributed by atoms with van der Waals surface area (Å²) in [6.07, 6.45) is 4.77. The monoisotopic (exact) mass is 310 g/mol. The fourth-order valence-electron chi connectivity index (χ4n) is 2.89. The van der Waals surface area contributed by atoms with Crippen LogP contribution in [0.3, 0.4) is 0 Å². The van der Waals surface area contributed by atoms with Crippen LogP contribution >= 0.6 is 0 Å². The van der Waals surface area contributed by atoms with Crippen molar-refractivity contribution in [3.05, 3.63) is 29.8 Å². The third-order valence-electron chi connectivity index (χ3n) is 4.12. The lowest BCUT2D eigenvalue weighted by Gasteiger charge is -2.35. The number of piperazine rings is 1. The molecule has 2 rings (SSSR count). The molecule has 1 fully saturated rings. The third-order valence-corrected chi connectivity index (χ3v) is 5.24. The van der Waals surface area contributed by atoms with Crippen LogP contribution in [0.2, 0.25) is 0 Å². The summed E-state index contributed by atoms with van der Waals surface area (Å²) in [6, 6.07) is 7.86. The van der Waals surface area contributed by atoms with Crippen molar-refractivity contribution in [1.29, 1.82) is 0 Å². The molecule has 1 heterocycles. The molecule has 0 bridgehead atoms. The topological polar surface area (TPSA) is 49.4 Å². The summed E-state index contributed by atoms with van der Waals surface area (Å²) in [5.74, 6) is 0. The van der Waals surface area contributed by atoms with Crippen LogP contribution < -0.4 is 5.32 Å². The minimum absolute atomic E-state index is 0.403. The van der Waals surface area contributed by atoms with Crippen molar-refractivity contribution in [2.45, 2.75) is 37.1 Å². The van der Waals surface area contributed by atoms with E-state index in [9.17, 15) is 8.42 Å². The molecule has 1 aliphatic heterocycles. The van der Waals surface area contributed by atoms with E-state index < -0.39 is 9.84 Å². The summed E-state index contributed by atoms with van der Waals surface area (Å²) in [5.41, 5.74) is 1.23. The van der Waals surface area contributed by atoms with Gasteiger partial charge in [0.1, 0.15) is 0 Å². The highest BCUT2D eigenvalue weighted by molar-refractivity contribution is 7.90. The van der Waals surface area contributed by atoms with Crippen LogP contribution in [-0.4, -0.2) is 45.8 Å². The first kappa shape index (κ1) is 16.5. The molecule has 4 nitrogen and oxygen atoms in total. The molecule has 1 saturated heterocycles. The zero-order chi connectivity index (χ0) is 15.3. The Morgan fingerprint density at radius 3 is 2.33 bits per heavy atom. The number of sulfone groups is 1. The largest absolute Gasteiger partial charge is 0.314 e. The first-order valence-electron chi connectivity index (χ1n) is 7.77. The quantitative estimate of drug-likeness (QED) is 0.875. The van der Waals surface area contributed by atoms with Gasteiger partial charge in [-0.05, 0) is 24.1 Å². The van der Waals surface area contributed by atoms with Gasteiger partial charge in [-0.15, -0.1) is 0 Å². The Kier molecular flexibility index (Phi) is 5.79. The van der Waals surface area contributed by atoms with E-state index in [0.29, 0.717) is 10.9 Å². The summed E-state index contributed by atoms with van der Waals surface area (Å²) in [4.78, 5) is 2.92. The molecule has 21 heavy (non-hydrogen) atoms. The lowest BCUT2D eigenvalue weighted by molar-refractivity contribution is 0.163. The van der Waals surface area contributed by atoms with E-state index in [1.807, 2.05) is 12.1 Å². The number of rotatable bonds is 6. The number of benzene rings is 1. The van der Waals surface area contributed by atoms with Crippen LogP contribution in [0.15, 0.2) is 29.2 Å². The maximum Gasteiger partial charge on any atom is 0.175 e. The molecule has 0 spiro atoms. The number of nitrogens with one attached hydrogen (secondary N) is 1. The molecule has 118 valence electrons. The molecule has 1 aromatic rings. The first-order chi connectivity index (χ1) is 10.0. The van der Waals surface area contributed by atoms with Gasteiger partial charge in [-0.1, -0.05) is 31.9 Å². The van der Waals surface area contributed by atoms with Crippen molar-refractivity contribution in [2.24, 2.45) is 0 Å². The van der Waals surface area contributed by atoms with Gasteiger partial charge in [0, 0.05) is 38.5 Å². The van der Waals surface area contributed by atoms with Gasteiger partial charge in [-0.25, -0.2) is 8.42 Å². The second-order valence-electron chi connectivity index (χ2n) is 5.79. The van der Waals surface area contributed by atoms with Crippen LogP contribution in [0.1, 0.15) is 37.8 Å². The van der Waals surface area contributed by atoms with Gasteiger partial charge in [-0.2, -0.15) is 0 Å². The Bertz CT molecular complexity index is 534. The second kappa shape index (κ2) is 7.38. The van der Waals surface area contributed by atoms with Crippen molar-refractivity contribution in [2.75, 3.05) is 32.4 Å². The molecule has 1 aromatic carbocycles. The number of hydrogen-bond acceptors (Lipinski definition) is 4. The molecule has 0 unspecified atom stereocenters. The van der Waals surface area contributed by atoms with Crippen molar-refractivity contribution in [3.8, 4) is 0 Å². The van der Waals surface area contributed by atoms with E-state index in [1.165, 1.54) is 24.7 Å². The maximum atomic E-state index is 11.6. The highest BCUT2D eigenvalue weighted by atomic mass is 32.2. The minimum Gasteiger partial charge on any atom is -0.314 e. The Morgan fingerprint density at radius 1 is 1.19 bits per heavy atom. The van der Waals surface area contributed by atoms with Gasteiger partial charge in [0.15, 0.2) is 9.84 Å². The molecule has 1 N–H and O–H groups in total. The molecule has 0 amide bonds. The summed E-state index contributed by atoms with van der Waals surface area (Å²) >= 11 is 0. The summed E-state index contributed by atoms with van der Waals surface area (Å²) in [6.45, 7) is 6.39.